The van der Waals surface area contributed by atoms with E-state index in [1.165, 1.54) is 5.56 Å². The van der Waals surface area contributed by atoms with Crippen LogP contribution in [-0.2, 0) is 0 Å². The minimum absolute atomic E-state index is 1.32. The highest BCUT2D eigenvalue weighted by atomic mass is 128. The van der Waals surface area contributed by atoms with Crippen LogP contribution >= 0.6 is 37.2 Å². The third-order valence-corrected chi connectivity index (χ3v) is 0.940. The van der Waals surface area contributed by atoms with E-state index in [0.29, 0.717) is 0 Å². The van der Waals surface area contributed by atoms with Crippen molar-refractivity contribution >= 4 is 37.2 Å². The lowest BCUT2D eigenvalue weighted by atomic mass is 10.2. The van der Waals surface area contributed by atoms with Crippen LogP contribution < -0.4 is 0 Å². The van der Waals surface area contributed by atoms with E-state index in [0.717, 1.165) is 0 Å². The second-order valence-electron chi connectivity index (χ2n) is 1.65. The van der Waals surface area contributed by atoms with Gasteiger partial charge in [0.15, 0.2) is 0 Å². The van der Waals surface area contributed by atoms with Gasteiger partial charge in [0, 0.05) is 37.2 Å². The van der Waals surface area contributed by atoms with Gasteiger partial charge < -0.3 is 0 Å². The Morgan fingerprint density at radius 1 is 0.769 bits per heavy atom. The van der Waals surface area contributed by atoms with Gasteiger partial charge in [-0.25, -0.2) is 0 Å². The molecule has 0 N–H and O–H groups in total. The molecule has 0 unspecified atom stereocenters. The smallest absolute Gasteiger partial charge is 0 e. The van der Waals surface area contributed by atoms with Crippen LogP contribution in [-0.4, -0.2) is 0 Å². The van der Waals surface area contributed by atoms with Crippen molar-refractivity contribution in [2.45, 2.75) is 34.6 Å². The number of hydrogen-bond acceptors (Lipinski definition) is 0. The molecule has 0 heterocycles. The van der Waals surface area contributed by atoms with Crippen LogP contribution in [0.1, 0.15) is 33.3 Å². The molecule has 0 aromatic heterocycles. The van der Waals surface area contributed by atoms with E-state index in [2.05, 4.69) is 56.3 Å². The summed E-state index contributed by atoms with van der Waals surface area (Å²) in [6.07, 6.45) is 0. The van der Waals surface area contributed by atoms with Gasteiger partial charge in [-0.15, -0.1) is 0 Å². The first-order valence-electron chi connectivity index (χ1n) is 4.55. The highest BCUT2D eigenvalue weighted by Crippen LogP contribution is 1.92. The molecule has 0 spiro atoms. The molecule has 2 heteroatoms. The first-order valence-corrected chi connectivity index (χ1v) is 10.8. The van der Waals surface area contributed by atoms with Crippen molar-refractivity contribution < 1.29 is 0 Å². The summed E-state index contributed by atoms with van der Waals surface area (Å²) >= 11 is 4.24. The molecule has 0 saturated carbocycles. The van der Waals surface area contributed by atoms with E-state index in [1.54, 1.807) is 0 Å². The lowest BCUT2D eigenvalue weighted by Gasteiger charge is -1.82. The zero-order valence-electron chi connectivity index (χ0n) is 9.14. The van der Waals surface area contributed by atoms with E-state index < -0.39 is 0 Å². The Labute approximate surface area is 107 Å². The minimum Gasteiger partial charge on any atom is -0.0683 e. The molecule has 0 aliphatic rings. The maximum atomic E-state index is 2.12. The van der Waals surface area contributed by atoms with Crippen LogP contribution in [0.4, 0.5) is 0 Å². The van der Waals surface area contributed by atoms with Gasteiger partial charge >= 0.3 is 0 Å². The fourth-order valence-corrected chi connectivity index (χ4v) is 0.534. The van der Waals surface area contributed by atoms with Gasteiger partial charge in [0.25, 0.3) is 0 Å². The van der Waals surface area contributed by atoms with Crippen LogP contribution in [0.15, 0.2) is 30.3 Å². The Kier molecular flexibility index (Phi) is 34.1. The third kappa shape index (κ3) is 19.2. The maximum Gasteiger partial charge on any atom is 0 e. The summed E-state index contributed by atoms with van der Waals surface area (Å²) in [5, 5.41) is 0. The number of halogens is 2. The van der Waals surface area contributed by atoms with E-state index in [-0.39, 0.29) is 0 Å². The number of hydrogen-bond donors (Lipinski definition) is 0. The predicted octanol–water partition coefficient (Wildman–Crippen LogP) is 5.82. The average Bonchev–Trinajstić information content (AvgIpc) is 2.28. The van der Waals surface area contributed by atoms with Crippen molar-refractivity contribution in [3.63, 3.8) is 0 Å². The fourth-order valence-electron chi connectivity index (χ4n) is 0.534. The highest BCUT2D eigenvalue weighted by Gasteiger charge is 1.72. The van der Waals surface area contributed by atoms with Crippen LogP contribution in [0.25, 0.3) is 0 Å². The summed E-state index contributed by atoms with van der Waals surface area (Å²) in [6.45, 7) is 10.1. The van der Waals surface area contributed by atoms with Gasteiger partial charge in [0.1, 0.15) is 0 Å². The van der Waals surface area contributed by atoms with Crippen molar-refractivity contribution in [2.24, 2.45) is 0 Å². The van der Waals surface area contributed by atoms with Crippen LogP contribution in [0, 0.1) is 6.92 Å². The summed E-state index contributed by atoms with van der Waals surface area (Å²) in [5.41, 5.74) is 1.32. The minimum atomic E-state index is 1.32. The molecule has 78 valence electrons. The van der Waals surface area contributed by atoms with Crippen LogP contribution in [0.2, 0.25) is 0 Å². The SMILES string of the molecule is CC.CC.Cc1ccccc1.II. The van der Waals surface area contributed by atoms with E-state index in [1.807, 2.05) is 45.9 Å². The molecule has 0 aliphatic carbocycles. The molecule has 0 saturated heterocycles. The molecule has 0 atom stereocenters. The monoisotopic (exact) mass is 406 g/mol. The zero-order valence-corrected chi connectivity index (χ0v) is 13.5. The van der Waals surface area contributed by atoms with Gasteiger partial charge in [-0.1, -0.05) is 63.6 Å². The molecule has 1 rings (SSSR count). The lowest BCUT2D eigenvalue weighted by molar-refractivity contribution is 1.48. The topological polar surface area (TPSA) is 0 Å². The molecule has 0 aliphatic heterocycles. The van der Waals surface area contributed by atoms with Crippen molar-refractivity contribution in [1.82, 2.24) is 0 Å². The zero-order chi connectivity index (χ0) is 11.1. The van der Waals surface area contributed by atoms with Crippen LogP contribution in [0.3, 0.4) is 0 Å². The van der Waals surface area contributed by atoms with Crippen molar-refractivity contribution in [2.75, 3.05) is 0 Å². The molecule has 0 radical (unpaired) electrons. The second kappa shape index (κ2) is 23.0. The quantitative estimate of drug-likeness (QED) is 0.477. The third-order valence-electron chi connectivity index (χ3n) is 0.940. The van der Waals surface area contributed by atoms with Gasteiger partial charge in [-0.2, -0.15) is 0 Å². The molecule has 13 heavy (non-hydrogen) atoms. The molecule has 1 aromatic carbocycles. The van der Waals surface area contributed by atoms with Crippen molar-refractivity contribution in [3.8, 4) is 0 Å². The summed E-state index contributed by atoms with van der Waals surface area (Å²) in [7, 11) is 0. The Hall–Kier alpha value is 0.680. The average molecular weight is 406 g/mol. The Balaban J connectivity index is -0.000000144. The summed E-state index contributed by atoms with van der Waals surface area (Å²) < 4.78 is 0. The Bertz CT molecular complexity index is 138. The Morgan fingerprint density at radius 3 is 1.23 bits per heavy atom. The van der Waals surface area contributed by atoms with Crippen molar-refractivity contribution in [1.29, 1.82) is 0 Å². The normalized spacial score (nSPS) is 6.08. The predicted molar refractivity (Wildman–Crippen MR) is 81.9 cm³/mol. The molecule has 0 fully saturated rings. The molecule has 0 amide bonds. The van der Waals surface area contributed by atoms with Gasteiger partial charge in [-0.3, -0.25) is 0 Å². The summed E-state index contributed by atoms with van der Waals surface area (Å²) in [4.78, 5) is 0. The molecular weight excluding hydrogens is 386 g/mol. The van der Waals surface area contributed by atoms with Crippen LogP contribution in [0.5, 0.6) is 0 Å². The second-order valence-corrected chi connectivity index (χ2v) is 1.65. The fraction of sp³-hybridized carbons (Fsp3) is 0.455. The standard InChI is InChI=1S/C7H8.2C2H6.I2/c1-7-5-3-2-4-6-7;3*1-2/h2-6H,1H3;2*1-2H3;. The summed E-state index contributed by atoms with van der Waals surface area (Å²) in [6, 6.07) is 10.3. The maximum absolute atomic E-state index is 2.12. The summed E-state index contributed by atoms with van der Waals surface area (Å²) in [5.74, 6) is 0. The highest BCUT2D eigenvalue weighted by molar-refractivity contribution is 15.0. The van der Waals surface area contributed by atoms with E-state index >= 15 is 0 Å². The van der Waals surface area contributed by atoms with Gasteiger partial charge in [0.05, 0.1) is 0 Å². The van der Waals surface area contributed by atoms with E-state index in [4.69, 9.17) is 0 Å². The number of rotatable bonds is 0. The molecule has 0 bridgehead atoms. The number of aryl methyl sites for hydroxylation is 1. The lowest BCUT2D eigenvalue weighted by Crippen LogP contribution is -1.62. The van der Waals surface area contributed by atoms with Gasteiger partial charge in [0.2, 0.25) is 0 Å². The largest absolute Gasteiger partial charge is 0.0683 e. The molecular formula is C11H20I2. The van der Waals surface area contributed by atoms with E-state index in [9.17, 15) is 0 Å². The first-order chi connectivity index (χ1) is 6.39. The Morgan fingerprint density at radius 2 is 1.08 bits per heavy atom. The van der Waals surface area contributed by atoms with Gasteiger partial charge in [-0.05, 0) is 6.92 Å². The number of benzene rings is 1. The first kappa shape index (κ1) is 19.3. The van der Waals surface area contributed by atoms with Crippen molar-refractivity contribution in [3.05, 3.63) is 35.9 Å². The molecule has 1 aromatic rings. The molecule has 0 nitrogen and oxygen atoms in total.